The molecule has 0 aromatic rings. The van der Waals surface area contributed by atoms with Crippen molar-refractivity contribution in [3.63, 3.8) is 0 Å². The van der Waals surface area contributed by atoms with Crippen LogP contribution in [0, 0.1) is 11.3 Å². The summed E-state index contributed by atoms with van der Waals surface area (Å²) in [7, 11) is 0. The number of rotatable bonds is 3. The minimum atomic E-state index is -2.18. The Kier molecular flexibility index (Phi) is 2.75. The highest BCUT2D eigenvalue weighted by molar-refractivity contribution is 5.00. The van der Waals surface area contributed by atoms with Crippen molar-refractivity contribution in [2.24, 2.45) is 17.1 Å². The standard InChI is InChI=1S/C10H18F2N2/c11-9(12)6-14-2-1-10(7-14)3-8(4-10)5-13/h8-9H,1-7,13H2. The van der Waals surface area contributed by atoms with Gasteiger partial charge in [-0.3, -0.25) is 4.90 Å². The molecule has 1 heterocycles. The highest BCUT2D eigenvalue weighted by Gasteiger charge is 2.47. The number of halogens is 2. The van der Waals surface area contributed by atoms with Gasteiger partial charge in [-0.1, -0.05) is 0 Å². The number of alkyl halides is 2. The van der Waals surface area contributed by atoms with Gasteiger partial charge in [0.25, 0.3) is 6.43 Å². The van der Waals surface area contributed by atoms with Gasteiger partial charge in [-0.25, -0.2) is 8.78 Å². The van der Waals surface area contributed by atoms with Crippen molar-refractivity contribution in [1.29, 1.82) is 0 Å². The molecule has 1 aliphatic heterocycles. The van der Waals surface area contributed by atoms with Gasteiger partial charge >= 0.3 is 0 Å². The minimum absolute atomic E-state index is 0.0466. The molecule has 0 unspecified atom stereocenters. The monoisotopic (exact) mass is 204 g/mol. The molecule has 1 saturated carbocycles. The van der Waals surface area contributed by atoms with Gasteiger partial charge in [0.15, 0.2) is 0 Å². The fourth-order valence-corrected chi connectivity index (χ4v) is 3.04. The molecule has 2 aliphatic rings. The summed E-state index contributed by atoms with van der Waals surface area (Å²) < 4.78 is 24.3. The van der Waals surface area contributed by atoms with Crippen molar-refractivity contribution in [2.75, 3.05) is 26.2 Å². The van der Waals surface area contributed by atoms with Gasteiger partial charge in [-0.05, 0) is 43.7 Å². The molecule has 4 heteroatoms. The van der Waals surface area contributed by atoms with Crippen molar-refractivity contribution < 1.29 is 8.78 Å². The van der Waals surface area contributed by atoms with Crippen LogP contribution in [-0.4, -0.2) is 37.5 Å². The van der Waals surface area contributed by atoms with E-state index in [1.54, 1.807) is 0 Å². The van der Waals surface area contributed by atoms with Gasteiger partial charge in [-0.2, -0.15) is 0 Å². The largest absolute Gasteiger partial charge is 0.330 e. The zero-order chi connectivity index (χ0) is 10.2. The molecule has 1 saturated heterocycles. The molecule has 2 rings (SSSR count). The van der Waals surface area contributed by atoms with Crippen LogP contribution in [-0.2, 0) is 0 Å². The Balaban J connectivity index is 1.78. The summed E-state index contributed by atoms with van der Waals surface area (Å²) in [6, 6.07) is 0. The summed E-state index contributed by atoms with van der Waals surface area (Å²) in [4.78, 5) is 1.90. The lowest BCUT2D eigenvalue weighted by Crippen LogP contribution is -2.43. The summed E-state index contributed by atoms with van der Waals surface area (Å²) in [5.41, 5.74) is 5.93. The molecule has 0 aromatic carbocycles. The zero-order valence-electron chi connectivity index (χ0n) is 8.38. The average molecular weight is 204 g/mol. The molecule has 0 aromatic heterocycles. The number of hydrogen-bond donors (Lipinski definition) is 1. The van der Waals surface area contributed by atoms with E-state index in [0.717, 1.165) is 38.9 Å². The van der Waals surface area contributed by atoms with Gasteiger partial charge in [0, 0.05) is 6.54 Å². The Bertz CT molecular complexity index is 202. The highest BCUT2D eigenvalue weighted by Crippen LogP contribution is 2.51. The summed E-state index contributed by atoms with van der Waals surface area (Å²) in [5.74, 6) is 0.654. The second kappa shape index (κ2) is 3.74. The van der Waals surface area contributed by atoms with E-state index in [2.05, 4.69) is 0 Å². The van der Waals surface area contributed by atoms with Crippen LogP contribution in [0.1, 0.15) is 19.3 Å². The van der Waals surface area contributed by atoms with E-state index < -0.39 is 6.43 Å². The zero-order valence-corrected chi connectivity index (χ0v) is 8.38. The lowest BCUT2D eigenvalue weighted by Gasteiger charge is -2.45. The van der Waals surface area contributed by atoms with Crippen LogP contribution in [0.3, 0.4) is 0 Å². The normalized spacial score (nSPS) is 38.1. The highest BCUT2D eigenvalue weighted by atomic mass is 19.3. The molecule has 14 heavy (non-hydrogen) atoms. The summed E-state index contributed by atoms with van der Waals surface area (Å²) in [5, 5.41) is 0. The van der Waals surface area contributed by atoms with E-state index in [4.69, 9.17) is 5.73 Å². The predicted molar refractivity (Wildman–Crippen MR) is 51.3 cm³/mol. The van der Waals surface area contributed by atoms with Crippen molar-refractivity contribution in [3.05, 3.63) is 0 Å². The van der Waals surface area contributed by atoms with Gasteiger partial charge < -0.3 is 5.73 Å². The first-order valence-electron chi connectivity index (χ1n) is 5.34. The fraction of sp³-hybridized carbons (Fsp3) is 1.00. The molecular weight excluding hydrogens is 186 g/mol. The molecule has 0 atom stereocenters. The minimum Gasteiger partial charge on any atom is -0.330 e. The maximum Gasteiger partial charge on any atom is 0.251 e. The molecule has 1 aliphatic carbocycles. The fourth-order valence-electron chi connectivity index (χ4n) is 3.04. The molecule has 82 valence electrons. The van der Waals surface area contributed by atoms with Gasteiger partial charge in [-0.15, -0.1) is 0 Å². The van der Waals surface area contributed by atoms with Crippen molar-refractivity contribution in [1.82, 2.24) is 4.90 Å². The van der Waals surface area contributed by atoms with Crippen LogP contribution in [0.15, 0.2) is 0 Å². The third kappa shape index (κ3) is 1.91. The first kappa shape index (κ1) is 10.3. The molecule has 1 spiro atoms. The molecule has 2 nitrogen and oxygen atoms in total. The van der Waals surface area contributed by atoms with E-state index in [9.17, 15) is 8.78 Å². The van der Waals surface area contributed by atoms with Gasteiger partial charge in [0.05, 0.1) is 6.54 Å². The quantitative estimate of drug-likeness (QED) is 0.751. The summed E-state index contributed by atoms with van der Waals surface area (Å²) in [6.45, 7) is 2.43. The van der Waals surface area contributed by atoms with E-state index in [1.807, 2.05) is 4.90 Å². The average Bonchev–Trinajstić information content (AvgIpc) is 2.44. The number of likely N-dealkylation sites (tertiary alicyclic amines) is 1. The van der Waals surface area contributed by atoms with Crippen LogP contribution < -0.4 is 5.73 Å². The van der Waals surface area contributed by atoms with Crippen LogP contribution in [0.25, 0.3) is 0 Å². The Morgan fingerprint density at radius 1 is 1.43 bits per heavy atom. The number of nitrogens with two attached hydrogens (primary N) is 1. The molecular formula is C10H18F2N2. The van der Waals surface area contributed by atoms with E-state index in [1.165, 1.54) is 0 Å². The SMILES string of the molecule is NCC1CC2(CCN(CC(F)F)C2)C1. The van der Waals surface area contributed by atoms with Gasteiger partial charge in [0.1, 0.15) is 0 Å². The van der Waals surface area contributed by atoms with Crippen molar-refractivity contribution in [2.45, 2.75) is 25.7 Å². The summed E-state index contributed by atoms with van der Waals surface area (Å²) >= 11 is 0. The van der Waals surface area contributed by atoms with Crippen LogP contribution in [0.5, 0.6) is 0 Å². The second-order valence-corrected chi connectivity index (χ2v) is 4.89. The molecule has 0 radical (unpaired) electrons. The lowest BCUT2D eigenvalue weighted by molar-refractivity contribution is 0.0510. The third-order valence-electron chi connectivity index (χ3n) is 3.69. The number of hydrogen-bond acceptors (Lipinski definition) is 2. The first-order valence-corrected chi connectivity index (χ1v) is 5.34. The predicted octanol–water partition coefficient (Wildman–Crippen LogP) is 1.31. The van der Waals surface area contributed by atoms with E-state index in [0.29, 0.717) is 11.3 Å². The Morgan fingerprint density at radius 2 is 2.14 bits per heavy atom. The maximum absolute atomic E-state index is 12.1. The molecule has 0 amide bonds. The van der Waals surface area contributed by atoms with Crippen LogP contribution in [0.4, 0.5) is 8.78 Å². The maximum atomic E-state index is 12.1. The first-order chi connectivity index (χ1) is 6.63. The van der Waals surface area contributed by atoms with Crippen molar-refractivity contribution >= 4 is 0 Å². The lowest BCUT2D eigenvalue weighted by atomic mass is 9.61. The Labute approximate surface area is 83.4 Å². The molecule has 2 fully saturated rings. The van der Waals surface area contributed by atoms with Gasteiger partial charge in [0.2, 0.25) is 0 Å². The van der Waals surface area contributed by atoms with Crippen LogP contribution >= 0.6 is 0 Å². The molecule has 2 N–H and O–H groups in total. The Hall–Kier alpha value is -0.220. The smallest absolute Gasteiger partial charge is 0.251 e. The molecule has 0 bridgehead atoms. The van der Waals surface area contributed by atoms with Crippen molar-refractivity contribution in [3.8, 4) is 0 Å². The summed E-state index contributed by atoms with van der Waals surface area (Å²) in [6.07, 6.45) is 1.22. The second-order valence-electron chi connectivity index (χ2n) is 4.89. The van der Waals surface area contributed by atoms with Crippen LogP contribution in [0.2, 0.25) is 0 Å². The topological polar surface area (TPSA) is 29.3 Å². The Morgan fingerprint density at radius 3 is 2.71 bits per heavy atom. The third-order valence-corrected chi connectivity index (χ3v) is 3.69. The number of nitrogens with zero attached hydrogens (tertiary/aromatic N) is 1. The van der Waals surface area contributed by atoms with E-state index >= 15 is 0 Å². The van der Waals surface area contributed by atoms with E-state index in [-0.39, 0.29) is 6.54 Å².